The second kappa shape index (κ2) is 11.6. The van der Waals surface area contributed by atoms with Crippen LogP contribution in [0.15, 0.2) is 98.7 Å². The van der Waals surface area contributed by atoms with Crippen LogP contribution in [0.3, 0.4) is 0 Å². The predicted molar refractivity (Wildman–Crippen MR) is 157 cm³/mol. The standard InChI is InChI=1S/C31H27BrN2O4S/c1-4-37-30(36)26-27(20-11-7-5-8-12-20)33-31-34(28(26)21-13-9-6-10-14-21)29(35)25(39-31)18-22-17-23(32)15-16-24(22)38-19(2)3/h5-19,28H,4H2,1-3H3/b25-18+/t28-/m1/s1. The van der Waals surface area contributed by atoms with Gasteiger partial charge >= 0.3 is 5.97 Å². The second-order valence-electron chi connectivity index (χ2n) is 9.19. The van der Waals surface area contributed by atoms with Crippen LogP contribution in [-0.4, -0.2) is 23.2 Å². The van der Waals surface area contributed by atoms with E-state index < -0.39 is 12.0 Å². The number of aromatic nitrogens is 1. The monoisotopic (exact) mass is 602 g/mol. The maximum Gasteiger partial charge on any atom is 0.338 e. The second-order valence-corrected chi connectivity index (χ2v) is 11.1. The van der Waals surface area contributed by atoms with Crippen LogP contribution >= 0.6 is 27.3 Å². The number of ether oxygens (including phenoxy) is 2. The Morgan fingerprint density at radius 2 is 1.77 bits per heavy atom. The minimum Gasteiger partial charge on any atom is -0.490 e. The summed E-state index contributed by atoms with van der Waals surface area (Å²) < 4.78 is 14.5. The number of carbonyl (C=O) groups excluding carboxylic acids is 1. The van der Waals surface area contributed by atoms with Gasteiger partial charge < -0.3 is 9.47 Å². The van der Waals surface area contributed by atoms with Gasteiger partial charge in [0.1, 0.15) is 5.75 Å². The van der Waals surface area contributed by atoms with Gasteiger partial charge in [0.2, 0.25) is 0 Å². The first kappa shape index (κ1) is 26.8. The fraction of sp³-hybridized carbons (Fsp3) is 0.194. The molecule has 0 bridgehead atoms. The lowest BCUT2D eigenvalue weighted by atomic mass is 9.93. The summed E-state index contributed by atoms with van der Waals surface area (Å²) in [6, 6.07) is 24.1. The Balaban J connectivity index is 1.81. The molecule has 0 saturated heterocycles. The zero-order chi connectivity index (χ0) is 27.5. The average Bonchev–Trinajstić information content (AvgIpc) is 3.24. The first-order valence-electron chi connectivity index (χ1n) is 12.7. The first-order chi connectivity index (χ1) is 18.9. The molecule has 1 aliphatic rings. The lowest BCUT2D eigenvalue weighted by Gasteiger charge is -2.25. The summed E-state index contributed by atoms with van der Waals surface area (Å²) >= 11 is 4.82. The Bertz CT molecular complexity index is 1720. The van der Waals surface area contributed by atoms with Gasteiger partial charge in [0.25, 0.3) is 5.56 Å². The van der Waals surface area contributed by atoms with Gasteiger partial charge in [-0.15, -0.1) is 0 Å². The van der Waals surface area contributed by atoms with Gasteiger partial charge in [-0.1, -0.05) is 87.9 Å². The highest BCUT2D eigenvalue weighted by molar-refractivity contribution is 9.10. The van der Waals surface area contributed by atoms with Gasteiger partial charge in [-0.25, -0.2) is 9.79 Å². The Labute approximate surface area is 238 Å². The zero-order valence-corrected chi connectivity index (χ0v) is 24.2. The van der Waals surface area contributed by atoms with Crippen molar-refractivity contribution in [1.29, 1.82) is 0 Å². The Kier molecular flexibility index (Phi) is 7.95. The predicted octanol–water partition coefficient (Wildman–Crippen LogP) is 5.49. The van der Waals surface area contributed by atoms with Crippen LogP contribution < -0.4 is 19.6 Å². The third kappa shape index (κ3) is 5.53. The van der Waals surface area contributed by atoms with Crippen LogP contribution in [0.4, 0.5) is 0 Å². The van der Waals surface area contributed by atoms with Crippen molar-refractivity contribution in [2.45, 2.75) is 32.9 Å². The molecular weight excluding hydrogens is 576 g/mol. The molecule has 0 aliphatic carbocycles. The van der Waals surface area contributed by atoms with Crippen LogP contribution in [0.1, 0.15) is 43.5 Å². The number of benzene rings is 3. The minimum atomic E-state index is -0.701. The molecule has 0 fully saturated rings. The number of thiazole rings is 1. The molecule has 3 aromatic carbocycles. The summed E-state index contributed by atoms with van der Waals surface area (Å²) in [6.07, 6.45) is 1.79. The number of rotatable bonds is 7. The number of hydrogen-bond acceptors (Lipinski definition) is 6. The van der Waals surface area contributed by atoms with E-state index >= 15 is 0 Å². The van der Waals surface area contributed by atoms with Gasteiger partial charge in [0, 0.05) is 15.6 Å². The molecule has 0 unspecified atom stereocenters. The lowest BCUT2D eigenvalue weighted by Crippen LogP contribution is -2.40. The highest BCUT2D eigenvalue weighted by Gasteiger charge is 2.35. The molecule has 0 spiro atoms. The molecule has 4 aromatic rings. The van der Waals surface area contributed by atoms with E-state index in [1.807, 2.05) is 98.8 Å². The van der Waals surface area contributed by atoms with E-state index in [-0.39, 0.29) is 18.3 Å². The third-order valence-corrected chi connectivity index (χ3v) is 7.59. The SMILES string of the molecule is CCOC(=O)C1=C(c2ccccc2)N=c2s/c(=C/c3cc(Br)ccc3OC(C)C)c(=O)n2[C@@H]1c1ccccc1. The van der Waals surface area contributed by atoms with Crippen molar-refractivity contribution in [3.63, 3.8) is 0 Å². The van der Waals surface area contributed by atoms with Crippen molar-refractivity contribution in [1.82, 2.24) is 4.57 Å². The molecule has 8 heteroatoms. The largest absolute Gasteiger partial charge is 0.490 e. The van der Waals surface area contributed by atoms with E-state index in [1.54, 1.807) is 11.5 Å². The van der Waals surface area contributed by atoms with Gasteiger partial charge in [0.15, 0.2) is 4.80 Å². The summed E-state index contributed by atoms with van der Waals surface area (Å²) in [5.74, 6) is 0.179. The van der Waals surface area contributed by atoms with Gasteiger partial charge in [0.05, 0.1) is 34.6 Å². The minimum absolute atomic E-state index is 0.0295. The average molecular weight is 604 g/mol. The molecule has 5 rings (SSSR count). The molecule has 0 radical (unpaired) electrons. The fourth-order valence-electron chi connectivity index (χ4n) is 4.53. The number of halogens is 1. The van der Waals surface area contributed by atoms with Crippen molar-refractivity contribution in [3.8, 4) is 5.75 Å². The third-order valence-electron chi connectivity index (χ3n) is 6.11. The highest BCUT2D eigenvalue weighted by Crippen LogP contribution is 2.35. The molecule has 0 saturated carbocycles. The van der Waals surface area contributed by atoms with Crippen molar-refractivity contribution >= 4 is 45.0 Å². The lowest BCUT2D eigenvalue weighted by molar-refractivity contribution is -0.138. The Hall–Kier alpha value is -3.75. The Morgan fingerprint density at radius 1 is 1.08 bits per heavy atom. The molecule has 1 atom stereocenters. The van der Waals surface area contributed by atoms with E-state index in [2.05, 4.69) is 15.9 Å². The van der Waals surface area contributed by atoms with Crippen LogP contribution in [0.2, 0.25) is 0 Å². The summed E-state index contributed by atoms with van der Waals surface area (Å²) in [6.45, 7) is 5.89. The van der Waals surface area contributed by atoms with Crippen molar-refractivity contribution in [2.24, 2.45) is 4.99 Å². The number of fused-ring (bicyclic) bond motifs is 1. The molecule has 39 heavy (non-hydrogen) atoms. The molecule has 0 amide bonds. The van der Waals surface area contributed by atoms with E-state index in [9.17, 15) is 9.59 Å². The normalized spacial score (nSPS) is 15.2. The van der Waals surface area contributed by atoms with Crippen LogP contribution in [-0.2, 0) is 9.53 Å². The molecule has 1 aromatic heterocycles. The quantitative estimate of drug-likeness (QED) is 0.262. The molecule has 198 valence electrons. The molecule has 1 aliphatic heterocycles. The molecular formula is C31H27BrN2O4S. The van der Waals surface area contributed by atoms with E-state index in [4.69, 9.17) is 14.5 Å². The Morgan fingerprint density at radius 3 is 2.44 bits per heavy atom. The van der Waals surface area contributed by atoms with Crippen LogP contribution in [0, 0.1) is 0 Å². The summed E-state index contributed by atoms with van der Waals surface area (Å²) in [7, 11) is 0. The number of hydrogen-bond donors (Lipinski definition) is 0. The topological polar surface area (TPSA) is 69.9 Å². The zero-order valence-electron chi connectivity index (χ0n) is 21.8. The van der Waals surface area contributed by atoms with E-state index in [0.29, 0.717) is 26.4 Å². The van der Waals surface area contributed by atoms with Gasteiger partial charge in [-0.2, -0.15) is 0 Å². The summed E-state index contributed by atoms with van der Waals surface area (Å²) in [5.41, 5.74) is 2.94. The van der Waals surface area contributed by atoms with Crippen LogP contribution in [0.5, 0.6) is 5.75 Å². The molecule has 0 N–H and O–H groups in total. The summed E-state index contributed by atoms with van der Waals surface area (Å²) in [5, 5.41) is 0. The summed E-state index contributed by atoms with van der Waals surface area (Å²) in [4.78, 5) is 32.9. The fourth-order valence-corrected chi connectivity index (χ4v) is 5.90. The van der Waals surface area contributed by atoms with Crippen LogP contribution in [0.25, 0.3) is 11.8 Å². The van der Waals surface area contributed by atoms with Crippen molar-refractivity contribution in [2.75, 3.05) is 6.61 Å². The highest BCUT2D eigenvalue weighted by atomic mass is 79.9. The number of nitrogens with zero attached hydrogens (tertiary/aromatic N) is 2. The van der Waals surface area contributed by atoms with Crippen molar-refractivity contribution < 1.29 is 14.3 Å². The van der Waals surface area contributed by atoms with Crippen molar-refractivity contribution in [3.05, 3.63) is 125 Å². The van der Waals surface area contributed by atoms with E-state index in [1.165, 1.54) is 11.3 Å². The first-order valence-corrected chi connectivity index (χ1v) is 14.3. The van der Waals surface area contributed by atoms with Gasteiger partial charge in [-0.3, -0.25) is 9.36 Å². The molecule has 2 heterocycles. The maximum atomic E-state index is 14.0. The van der Waals surface area contributed by atoms with E-state index in [0.717, 1.165) is 21.2 Å². The molecule has 6 nitrogen and oxygen atoms in total. The van der Waals surface area contributed by atoms with Gasteiger partial charge in [-0.05, 0) is 50.6 Å². The number of esters is 1. The maximum absolute atomic E-state index is 14.0. The number of carbonyl (C=O) groups is 1. The smallest absolute Gasteiger partial charge is 0.338 e.